The predicted octanol–water partition coefficient (Wildman–Crippen LogP) is 2.70. The summed E-state index contributed by atoms with van der Waals surface area (Å²) >= 11 is 1.78. The molecular weight excluding hydrogens is 206 g/mol. The molecule has 0 amide bonds. The van der Waals surface area contributed by atoms with E-state index in [1.165, 1.54) is 17.7 Å². The quantitative estimate of drug-likeness (QED) is 0.829. The van der Waals surface area contributed by atoms with Crippen molar-refractivity contribution in [1.82, 2.24) is 5.32 Å². The van der Waals surface area contributed by atoms with Crippen LogP contribution in [-0.4, -0.2) is 17.3 Å². The lowest BCUT2D eigenvalue weighted by molar-refractivity contribution is 0.0862. The average molecular weight is 225 g/mol. The minimum atomic E-state index is -0.152. The molecule has 15 heavy (non-hydrogen) atoms. The molecule has 0 unspecified atom stereocenters. The van der Waals surface area contributed by atoms with Gasteiger partial charge in [-0.15, -0.1) is 11.3 Å². The molecular formula is C12H19NOS. The number of nitrogens with one attached hydrogen (secondary N) is 1. The molecule has 1 aromatic heterocycles. The number of thiophene rings is 1. The van der Waals surface area contributed by atoms with Crippen LogP contribution in [0.3, 0.4) is 0 Å². The average Bonchev–Trinajstić information content (AvgIpc) is 2.74. The molecule has 0 saturated heterocycles. The fourth-order valence-electron chi connectivity index (χ4n) is 2.25. The first kappa shape index (κ1) is 11.1. The molecule has 1 aliphatic rings. The maximum absolute atomic E-state index is 9.86. The van der Waals surface area contributed by atoms with Gasteiger partial charge in [-0.05, 0) is 31.2 Å². The summed E-state index contributed by atoms with van der Waals surface area (Å²) in [5, 5.41) is 15.5. The lowest BCUT2D eigenvalue weighted by atomic mass is 9.92. The first-order chi connectivity index (χ1) is 7.27. The van der Waals surface area contributed by atoms with Crippen molar-refractivity contribution in [3.05, 3.63) is 22.4 Å². The van der Waals surface area contributed by atoms with Crippen LogP contribution in [0.25, 0.3) is 0 Å². The molecule has 0 aromatic carbocycles. The van der Waals surface area contributed by atoms with Gasteiger partial charge in [-0.2, -0.15) is 0 Å². The molecule has 1 heterocycles. The van der Waals surface area contributed by atoms with Crippen LogP contribution in [0.5, 0.6) is 0 Å². The number of aliphatic hydroxyl groups excluding tert-OH is 1. The minimum Gasteiger partial charge on any atom is -0.392 e. The van der Waals surface area contributed by atoms with Crippen LogP contribution in [0.15, 0.2) is 17.5 Å². The van der Waals surface area contributed by atoms with Crippen molar-refractivity contribution in [2.45, 2.75) is 50.8 Å². The summed E-state index contributed by atoms with van der Waals surface area (Å²) in [6, 6.07) is 4.88. The fraction of sp³-hybridized carbons (Fsp3) is 0.667. The van der Waals surface area contributed by atoms with Gasteiger partial charge >= 0.3 is 0 Å². The second kappa shape index (κ2) is 5.10. The van der Waals surface area contributed by atoms with Crippen molar-refractivity contribution >= 4 is 11.3 Å². The summed E-state index contributed by atoms with van der Waals surface area (Å²) in [7, 11) is 0. The number of rotatable bonds is 3. The van der Waals surface area contributed by atoms with E-state index < -0.39 is 0 Å². The largest absolute Gasteiger partial charge is 0.392 e. The van der Waals surface area contributed by atoms with E-state index in [-0.39, 0.29) is 12.1 Å². The van der Waals surface area contributed by atoms with Crippen LogP contribution in [-0.2, 0) is 0 Å². The third-order valence-electron chi connectivity index (χ3n) is 3.16. The van der Waals surface area contributed by atoms with Gasteiger partial charge in [-0.3, -0.25) is 0 Å². The standard InChI is InChI=1S/C12H19NOS/c1-9(12-7-4-8-15-12)13-10-5-2-3-6-11(10)14/h4,7-11,13-14H,2-3,5-6H2,1H3/t9-,10-,11-/m0/s1. The van der Waals surface area contributed by atoms with Crippen molar-refractivity contribution in [3.8, 4) is 0 Å². The Hall–Kier alpha value is -0.380. The molecule has 1 aromatic rings. The summed E-state index contributed by atoms with van der Waals surface area (Å²) in [6.07, 6.45) is 4.32. The molecule has 1 saturated carbocycles. The molecule has 1 aliphatic carbocycles. The third-order valence-corrected chi connectivity index (χ3v) is 4.22. The van der Waals surface area contributed by atoms with Crippen LogP contribution in [0.4, 0.5) is 0 Å². The zero-order chi connectivity index (χ0) is 10.7. The Bertz CT molecular complexity index is 286. The van der Waals surface area contributed by atoms with Gasteiger partial charge in [0.1, 0.15) is 0 Å². The molecule has 0 radical (unpaired) electrons. The van der Waals surface area contributed by atoms with E-state index in [2.05, 4.69) is 29.8 Å². The number of aliphatic hydroxyl groups is 1. The second-order valence-electron chi connectivity index (χ2n) is 4.36. The zero-order valence-corrected chi connectivity index (χ0v) is 9.96. The monoisotopic (exact) mass is 225 g/mol. The maximum Gasteiger partial charge on any atom is 0.0693 e. The molecule has 0 aliphatic heterocycles. The van der Waals surface area contributed by atoms with Crippen molar-refractivity contribution in [2.75, 3.05) is 0 Å². The molecule has 3 atom stereocenters. The van der Waals surface area contributed by atoms with Crippen molar-refractivity contribution in [1.29, 1.82) is 0 Å². The summed E-state index contributed by atoms with van der Waals surface area (Å²) in [5.74, 6) is 0. The SMILES string of the molecule is C[C@H](N[C@H]1CCCC[C@@H]1O)c1cccs1. The third kappa shape index (κ3) is 2.80. The number of hydrogen-bond donors (Lipinski definition) is 2. The lowest BCUT2D eigenvalue weighted by Crippen LogP contribution is -2.42. The van der Waals surface area contributed by atoms with Crippen LogP contribution in [0.1, 0.15) is 43.5 Å². The van der Waals surface area contributed by atoms with Crippen LogP contribution in [0, 0.1) is 0 Å². The van der Waals surface area contributed by atoms with E-state index >= 15 is 0 Å². The molecule has 84 valence electrons. The van der Waals surface area contributed by atoms with E-state index in [9.17, 15) is 5.11 Å². The highest BCUT2D eigenvalue weighted by molar-refractivity contribution is 7.10. The summed E-state index contributed by atoms with van der Waals surface area (Å²) in [4.78, 5) is 1.35. The highest BCUT2D eigenvalue weighted by atomic mass is 32.1. The Kier molecular flexibility index (Phi) is 3.78. The second-order valence-corrected chi connectivity index (χ2v) is 5.34. The Morgan fingerprint density at radius 2 is 2.27 bits per heavy atom. The fourth-order valence-corrected chi connectivity index (χ4v) is 2.99. The Labute approximate surface area is 95.3 Å². The van der Waals surface area contributed by atoms with E-state index in [0.717, 1.165) is 12.8 Å². The van der Waals surface area contributed by atoms with Crippen LogP contribution >= 0.6 is 11.3 Å². The van der Waals surface area contributed by atoms with Gasteiger partial charge < -0.3 is 10.4 Å². The van der Waals surface area contributed by atoms with Gasteiger partial charge in [-0.25, -0.2) is 0 Å². The van der Waals surface area contributed by atoms with E-state index in [1.807, 2.05) is 0 Å². The Balaban J connectivity index is 1.90. The van der Waals surface area contributed by atoms with Gasteiger partial charge in [0.25, 0.3) is 0 Å². The van der Waals surface area contributed by atoms with Crippen LogP contribution < -0.4 is 5.32 Å². The normalized spacial score (nSPS) is 28.9. The predicted molar refractivity (Wildman–Crippen MR) is 64.1 cm³/mol. The Morgan fingerprint density at radius 3 is 2.93 bits per heavy atom. The zero-order valence-electron chi connectivity index (χ0n) is 9.15. The summed E-state index contributed by atoms with van der Waals surface area (Å²) < 4.78 is 0. The molecule has 3 heteroatoms. The summed E-state index contributed by atoms with van der Waals surface area (Å²) in [5.41, 5.74) is 0. The van der Waals surface area contributed by atoms with E-state index in [1.54, 1.807) is 11.3 Å². The first-order valence-corrected chi connectivity index (χ1v) is 6.63. The highest BCUT2D eigenvalue weighted by Crippen LogP contribution is 2.23. The highest BCUT2D eigenvalue weighted by Gasteiger charge is 2.24. The maximum atomic E-state index is 9.86. The molecule has 0 spiro atoms. The van der Waals surface area contributed by atoms with E-state index in [4.69, 9.17) is 0 Å². The molecule has 2 nitrogen and oxygen atoms in total. The van der Waals surface area contributed by atoms with Crippen molar-refractivity contribution < 1.29 is 5.11 Å². The van der Waals surface area contributed by atoms with E-state index in [0.29, 0.717) is 6.04 Å². The van der Waals surface area contributed by atoms with Gasteiger partial charge in [0.2, 0.25) is 0 Å². The Morgan fingerprint density at radius 1 is 1.47 bits per heavy atom. The van der Waals surface area contributed by atoms with Gasteiger partial charge in [0.15, 0.2) is 0 Å². The summed E-state index contributed by atoms with van der Waals surface area (Å²) in [6.45, 7) is 2.17. The lowest BCUT2D eigenvalue weighted by Gasteiger charge is -2.30. The van der Waals surface area contributed by atoms with Crippen molar-refractivity contribution in [3.63, 3.8) is 0 Å². The van der Waals surface area contributed by atoms with Crippen molar-refractivity contribution in [2.24, 2.45) is 0 Å². The molecule has 2 rings (SSSR count). The van der Waals surface area contributed by atoms with Gasteiger partial charge in [0, 0.05) is 17.0 Å². The topological polar surface area (TPSA) is 32.3 Å². The molecule has 2 N–H and O–H groups in total. The number of hydrogen-bond acceptors (Lipinski definition) is 3. The minimum absolute atomic E-state index is 0.152. The first-order valence-electron chi connectivity index (χ1n) is 5.75. The smallest absolute Gasteiger partial charge is 0.0693 e. The molecule has 1 fully saturated rings. The molecule has 0 bridgehead atoms. The van der Waals surface area contributed by atoms with Gasteiger partial charge in [-0.1, -0.05) is 18.9 Å². The van der Waals surface area contributed by atoms with Gasteiger partial charge in [0.05, 0.1) is 6.10 Å². The van der Waals surface area contributed by atoms with Crippen LogP contribution in [0.2, 0.25) is 0 Å².